The van der Waals surface area contributed by atoms with Crippen LogP contribution in [0.4, 0.5) is 0 Å². The van der Waals surface area contributed by atoms with Crippen molar-refractivity contribution in [2.45, 2.75) is 51.8 Å². The lowest BCUT2D eigenvalue weighted by Crippen LogP contribution is -2.32. The minimum atomic E-state index is -0.513. The second-order valence-electron chi connectivity index (χ2n) is 7.72. The van der Waals surface area contributed by atoms with Crippen LogP contribution in [-0.4, -0.2) is 24.0 Å². The number of rotatable bonds is 9. The van der Waals surface area contributed by atoms with E-state index in [1.54, 1.807) is 0 Å². The molecule has 150 valence electrons. The third kappa shape index (κ3) is 8.35. The lowest BCUT2D eigenvalue weighted by Gasteiger charge is -2.20. The van der Waals surface area contributed by atoms with Gasteiger partial charge in [-0.1, -0.05) is 60.7 Å². The van der Waals surface area contributed by atoms with Gasteiger partial charge in [-0.2, -0.15) is 0 Å². The van der Waals surface area contributed by atoms with Gasteiger partial charge in [0.25, 0.3) is 0 Å². The lowest BCUT2D eigenvalue weighted by atomic mass is 10.0. The summed E-state index contributed by atoms with van der Waals surface area (Å²) in [6, 6.07) is 19.9. The van der Waals surface area contributed by atoms with Gasteiger partial charge in [-0.3, -0.25) is 9.59 Å². The smallest absolute Gasteiger partial charge is 0.308 e. The molecule has 0 aliphatic carbocycles. The first-order chi connectivity index (χ1) is 13.3. The average Bonchev–Trinajstić information content (AvgIpc) is 2.65. The van der Waals surface area contributed by atoms with E-state index in [1.165, 1.54) is 0 Å². The highest BCUT2D eigenvalue weighted by atomic mass is 16.6. The van der Waals surface area contributed by atoms with Crippen molar-refractivity contribution in [3.63, 3.8) is 0 Å². The third-order valence-corrected chi connectivity index (χ3v) is 4.06. The average molecular weight is 383 g/mol. The second kappa shape index (κ2) is 10.6. The van der Waals surface area contributed by atoms with Crippen molar-refractivity contribution in [2.75, 3.05) is 6.54 Å². The highest BCUT2D eigenvalue weighted by Gasteiger charge is 2.18. The number of ether oxygens (including phenoxy) is 1. The maximum Gasteiger partial charge on any atom is 0.308 e. The normalized spacial score (nSPS) is 12.2. The fourth-order valence-electron chi connectivity index (χ4n) is 2.78. The zero-order valence-electron chi connectivity index (χ0n) is 16.9. The molecule has 2 rings (SSSR count). The van der Waals surface area contributed by atoms with Gasteiger partial charge in [-0.05, 0) is 31.9 Å². The number of hydrogen-bond acceptors (Lipinski definition) is 4. The zero-order valence-corrected chi connectivity index (χ0v) is 16.9. The molecule has 0 spiro atoms. The topological polar surface area (TPSA) is 67.4 Å². The van der Waals surface area contributed by atoms with E-state index < -0.39 is 5.60 Å². The molecule has 1 atom stereocenters. The van der Waals surface area contributed by atoms with Crippen LogP contribution >= 0.6 is 0 Å². The molecule has 28 heavy (non-hydrogen) atoms. The summed E-state index contributed by atoms with van der Waals surface area (Å²) in [6.07, 6.45) is 0.460. The summed E-state index contributed by atoms with van der Waals surface area (Å²) in [5.41, 5.74) is 1.70. The second-order valence-corrected chi connectivity index (χ2v) is 7.72. The number of hydrogen-bond donors (Lipinski definition) is 2. The van der Waals surface area contributed by atoms with E-state index in [1.807, 2.05) is 69.3 Å². The number of carbonyl (C=O) groups excluding carboxylic acids is 2. The molecule has 2 N–H and O–H groups in total. The summed E-state index contributed by atoms with van der Waals surface area (Å²) in [5, 5.41) is 6.28. The molecular formula is C23H30N2O3. The molecule has 0 aromatic heterocycles. The van der Waals surface area contributed by atoms with Crippen LogP contribution in [0.2, 0.25) is 0 Å². The number of nitrogens with one attached hydrogen (secondary N) is 2. The SMILES string of the molecule is CC(C)(C)OC(=O)CCNC(=O)C[C@@H](NCc1ccccc1)c1ccccc1. The van der Waals surface area contributed by atoms with Crippen LogP contribution in [0.1, 0.15) is 50.8 Å². The quantitative estimate of drug-likeness (QED) is 0.648. The molecule has 0 heterocycles. The molecule has 5 nitrogen and oxygen atoms in total. The fourth-order valence-corrected chi connectivity index (χ4v) is 2.78. The Morgan fingerprint density at radius 1 is 0.964 bits per heavy atom. The van der Waals surface area contributed by atoms with Crippen LogP contribution in [0.5, 0.6) is 0 Å². The first kappa shape index (κ1) is 21.6. The van der Waals surface area contributed by atoms with E-state index in [0.717, 1.165) is 11.1 Å². The molecule has 0 bridgehead atoms. The minimum Gasteiger partial charge on any atom is -0.460 e. The van der Waals surface area contributed by atoms with E-state index in [4.69, 9.17) is 4.74 Å². The molecule has 0 aliphatic heterocycles. The maximum absolute atomic E-state index is 12.4. The fraction of sp³-hybridized carbons (Fsp3) is 0.391. The lowest BCUT2D eigenvalue weighted by molar-refractivity contribution is -0.154. The summed E-state index contributed by atoms with van der Waals surface area (Å²) in [7, 11) is 0. The Hall–Kier alpha value is -2.66. The van der Waals surface area contributed by atoms with Crippen molar-refractivity contribution < 1.29 is 14.3 Å². The van der Waals surface area contributed by atoms with Gasteiger partial charge in [0.2, 0.25) is 5.91 Å². The van der Waals surface area contributed by atoms with Crippen LogP contribution in [0.15, 0.2) is 60.7 Å². The van der Waals surface area contributed by atoms with E-state index >= 15 is 0 Å². The Morgan fingerprint density at radius 2 is 1.57 bits per heavy atom. The summed E-state index contributed by atoms with van der Waals surface area (Å²) < 4.78 is 5.25. The van der Waals surface area contributed by atoms with E-state index in [2.05, 4.69) is 22.8 Å². The Balaban J connectivity index is 1.87. The first-order valence-corrected chi connectivity index (χ1v) is 9.64. The molecule has 0 saturated carbocycles. The molecule has 0 aliphatic rings. The van der Waals surface area contributed by atoms with Crippen LogP contribution in [0.3, 0.4) is 0 Å². The number of carbonyl (C=O) groups is 2. The van der Waals surface area contributed by atoms with Crippen molar-refractivity contribution in [2.24, 2.45) is 0 Å². The van der Waals surface area contributed by atoms with Crippen LogP contribution in [0.25, 0.3) is 0 Å². The Bertz CT molecular complexity index is 739. The number of amides is 1. The third-order valence-electron chi connectivity index (χ3n) is 4.06. The van der Waals surface area contributed by atoms with Crippen molar-refractivity contribution in [1.29, 1.82) is 0 Å². The molecule has 1 amide bonds. The Labute approximate surface area is 167 Å². The van der Waals surface area contributed by atoms with Gasteiger partial charge in [-0.25, -0.2) is 0 Å². The molecular weight excluding hydrogens is 352 g/mol. The van der Waals surface area contributed by atoms with Crippen LogP contribution in [0, 0.1) is 0 Å². The Morgan fingerprint density at radius 3 is 2.18 bits per heavy atom. The number of benzene rings is 2. The van der Waals surface area contributed by atoms with Crippen molar-refractivity contribution in [3.05, 3.63) is 71.8 Å². The van der Waals surface area contributed by atoms with E-state index in [0.29, 0.717) is 13.0 Å². The van der Waals surface area contributed by atoms with E-state index in [9.17, 15) is 9.59 Å². The Kier molecular flexibility index (Phi) is 8.20. The predicted molar refractivity (Wildman–Crippen MR) is 111 cm³/mol. The van der Waals surface area contributed by atoms with Crippen molar-refractivity contribution in [1.82, 2.24) is 10.6 Å². The molecule has 0 radical (unpaired) electrons. The highest BCUT2D eigenvalue weighted by Crippen LogP contribution is 2.17. The van der Waals surface area contributed by atoms with Gasteiger partial charge in [0.05, 0.1) is 6.42 Å². The molecule has 0 saturated heterocycles. The summed E-state index contributed by atoms with van der Waals surface area (Å²) >= 11 is 0. The maximum atomic E-state index is 12.4. The van der Waals surface area contributed by atoms with Gasteiger partial charge in [0.15, 0.2) is 0 Å². The molecule has 2 aromatic rings. The van der Waals surface area contributed by atoms with Crippen LogP contribution < -0.4 is 10.6 Å². The standard InChI is InChI=1S/C23H30N2O3/c1-23(2,3)28-22(27)14-15-24-21(26)16-20(19-12-8-5-9-13-19)25-17-18-10-6-4-7-11-18/h4-13,20,25H,14-17H2,1-3H3,(H,24,26)/t20-/m1/s1. The highest BCUT2D eigenvalue weighted by molar-refractivity contribution is 5.77. The van der Waals surface area contributed by atoms with Gasteiger partial charge >= 0.3 is 5.97 Å². The summed E-state index contributed by atoms with van der Waals surface area (Å²) in [4.78, 5) is 24.2. The minimum absolute atomic E-state index is 0.0991. The number of esters is 1. The summed E-state index contributed by atoms with van der Waals surface area (Å²) in [5.74, 6) is -0.410. The molecule has 2 aromatic carbocycles. The van der Waals surface area contributed by atoms with Gasteiger partial charge in [0.1, 0.15) is 5.60 Å². The molecule has 5 heteroatoms. The van der Waals surface area contributed by atoms with Gasteiger partial charge in [-0.15, -0.1) is 0 Å². The van der Waals surface area contributed by atoms with Crippen LogP contribution in [-0.2, 0) is 20.9 Å². The monoisotopic (exact) mass is 382 g/mol. The first-order valence-electron chi connectivity index (χ1n) is 9.64. The van der Waals surface area contributed by atoms with Crippen molar-refractivity contribution >= 4 is 11.9 Å². The van der Waals surface area contributed by atoms with Gasteiger partial charge in [0, 0.05) is 25.6 Å². The van der Waals surface area contributed by atoms with Gasteiger partial charge < -0.3 is 15.4 Å². The summed E-state index contributed by atoms with van der Waals surface area (Å²) in [6.45, 7) is 6.42. The zero-order chi connectivity index (χ0) is 20.4. The van der Waals surface area contributed by atoms with E-state index in [-0.39, 0.29) is 30.9 Å². The molecule has 0 fully saturated rings. The predicted octanol–water partition coefficient (Wildman–Crippen LogP) is 3.76. The largest absolute Gasteiger partial charge is 0.460 e. The molecule has 0 unspecified atom stereocenters. The van der Waals surface area contributed by atoms with Crippen molar-refractivity contribution in [3.8, 4) is 0 Å².